The summed E-state index contributed by atoms with van der Waals surface area (Å²) in [7, 11) is 1.87. The predicted octanol–water partition coefficient (Wildman–Crippen LogP) is 2.20. The number of morpholine rings is 1. The molecule has 162 valence electrons. The van der Waals surface area contributed by atoms with Crippen LogP contribution >= 0.6 is 11.8 Å². The molecule has 3 heterocycles. The summed E-state index contributed by atoms with van der Waals surface area (Å²) in [6.07, 6.45) is 3.92. The van der Waals surface area contributed by atoms with E-state index in [1.807, 2.05) is 7.05 Å². The fourth-order valence-electron chi connectivity index (χ4n) is 4.84. The molecule has 0 aromatic heterocycles. The third kappa shape index (κ3) is 5.55. The van der Waals surface area contributed by atoms with Crippen LogP contribution in [0.3, 0.4) is 0 Å². The smallest absolute Gasteiger partial charge is 0.191 e. The molecule has 3 aliphatic heterocycles. The number of ether oxygens (including phenoxy) is 2. The molecule has 0 radical (unpaired) electrons. The zero-order valence-electron chi connectivity index (χ0n) is 18.3. The van der Waals surface area contributed by atoms with E-state index in [1.165, 1.54) is 24.3 Å². The Hall–Kier alpha value is -0.500. The molecular formula is C21H40N4O2S. The van der Waals surface area contributed by atoms with E-state index in [1.54, 1.807) is 0 Å². The van der Waals surface area contributed by atoms with Crippen LogP contribution in [0.25, 0.3) is 0 Å². The van der Waals surface area contributed by atoms with Gasteiger partial charge in [0.05, 0.1) is 19.3 Å². The zero-order valence-corrected chi connectivity index (χ0v) is 19.1. The van der Waals surface area contributed by atoms with Crippen LogP contribution in [0.1, 0.15) is 40.0 Å². The van der Waals surface area contributed by atoms with Crippen molar-refractivity contribution in [2.45, 2.75) is 51.7 Å². The number of nitrogens with one attached hydrogen (secondary N) is 2. The Morgan fingerprint density at radius 3 is 2.64 bits per heavy atom. The number of hydrogen-bond acceptors (Lipinski definition) is 5. The normalized spacial score (nSPS) is 33.1. The van der Waals surface area contributed by atoms with Crippen LogP contribution in [0.4, 0.5) is 0 Å². The summed E-state index contributed by atoms with van der Waals surface area (Å²) in [6, 6.07) is 0. The topological polar surface area (TPSA) is 58.1 Å². The quantitative estimate of drug-likeness (QED) is 0.533. The summed E-state index contributed by atoms with van der Waals surface area (Å²) in [5.74, 6) is 3.89. The number of guanidine groups is 1. The average molecular weight is 413 g/mol. The van der Waals surface area contributed by atoms with Gasteiger partial charge in [0.2, 0.25) is 0 Å². The van der Waals surface area contributed by atoms with Crippen molar-refractivity contribution in [1.29, 1.82) is 0 Å². The van der Waals surface area contributed by atoms with Gasteiger partial charge in [-0.15, -0.1) is 0 Å². The Morgan fingerprint density at radius 1 is 1.21 bits per heavy atom. The Kier molecular flexibility index (Phi) is 7.93. The highest BCUT2D eigenvalue weighted by Gasteiger charge is 2.41. The Balaban J connectivity index is 1.53. The van der Waals surface area contributed by atoms with Crippen LogP contribution in [0.2, 0.25) is 0 Å². The molecule has 3 rings (SSSR count). The van der Waals surface area contributed by atoms with Gasteiger partial charge in [-0.2, -0.15) is 11.8 Å². The molecule has 3 aliphatic rings. The first-order valence-electron chi connectivity index (χ1n) is 10.9. The number of hydrogen-bond donors (Lipinski definition) is 2. The lowest BCUT2D eigenvalue weighted by Gasteiger charge is -2.43. The van der Waals surface area contributed by atoms with Crippen molar-refractivity contribution in [3.8, 4) is 0 Å². The third-order valence-electron chi connectivity index (χ3n) is 6.40. The van der Waals surface area contributed by atoms with Crippen LogP contribution in [-0.4, -0.2) is 87.1 Å². The van der Waals surface area contributed by atoms with Gasteiger partial charge in [0, 0.05) is 57.0 Å². The molecule has 0 spiro atoms. The maximum absolute atomic E-state index is 6.14. The first kappa shape index (κ1) is 22.2. The lowest BCUT2D eigenvalue weighted by molar-refractivity contribution is -0.0835. The summed E-state index contributed by atoms with van der Waals surface area (Å²) >= 11 is 2.07. The summed E-state index contributed by atoms with van der Waals surface area (Å²) in [6.45, 7) is 13.4. The van der Waals surface area contributed by atoms with E-state index in [9.17, 15) is 0 Å². The van der Waals surface area contributed by atoms with Gasteiger partial charge in [0.25, 0.3) is 0 Å². The van der Waals surface area contributed by atoms with Crippen molar-refractivity contribution in [2.75, 3.05) is 64.6 Å². The Labute approximate surface area is 175 Å². The fraction of sp³-hybridized carbons (Fsp3) is 0.952. The minimum atomic E-state index is 0.172. The molecule has 3 saturated heterocycles. The van der Waals surface area contributed by atoms with Gasteiger partial charge in [-0.05, 0) is 30.4 Å². The van der Waals surface area contributed by atoms with Crippen molar-refractivity contribution in [1.82, 2.24) is 15.5 Å². The lowest BCUT2D eigenvalue weighted by atomic mass is 9.78. The number of thioether (sulfide) groups is 1. The zero-order chi connectivity index (χ0) is 20.0. The molecule has 6 nitrogen and oxygen atoms in total. The van der Waals surface area contributed by atoms with E-state index in [-0.39, 0.29) is 11.0 Å². The van der Waals surface area contributed by atoms with Gasteiger partial charge < -0.3 is 20.1 Å². The second-order valence-electron chi connectivity index (χ2n) is 9.49. The van der Waals surface area contributed by atoms with E-state index in [0.29, 0.717) is 12.0 Å². The van der Waals surface area contributed by atoms with Crippen molar-refractivity contribution in [3.05, 3.63) is 0 Å². The van der Waals surface area contributed by atoms with Crippen molar-refractivity contribution in [3.63, 3.8) is 0 Å². The van der Waals surface area contributed by atoms with E-state index in [0.717, 1.165) is 58.4 Å². The SMILES string of the molecule is CN=C(NCC1CCCOC1C(C)(C)C)NCC1(N2CCOCC2)CCSC1. The molecule has 3 fully saturated rings. The van der Waals surface area contributed by atoms with Crippen molar-refractivity contribution < 1.29 is 9.47 Å². The van der Waals surface area contributed by atoms with Gasteiger partial charge in [-0.25, -0.2) is 0 Å². The van der Waals surface area contributed by atoms with Crippen LogP contribution in [0, 0.1) is 11.3 Å². The molecule has 2 N–H and O–H groups in total. The van der Waals surface area contributed by atoms with E-state index in [2.05, 4.69) is 53.1 Å². The van der Waals surface area contributed by atoms with Crippen LogP contribution in [0.5, 0.6) is 0 Å². The standard InChI is InChI=1S/C21H40N4O2S/c1-20(2,3)18-17(6-5-10-27-18)14-23-19(22-4)24-15-21(7-13-28-16-21)25-8-11-26-12-9-25/h17-18H,5-16H2,1-4H3,(H2,22,23,24). The van der Waals surface area contributed by atoms with E-state index >= 15 is 0 Å². The van der Waals surface area contributed by atoms with Gasteiger partial charge in [-0.1, -0.05) is 20.8 Å². The largest absolute Gasteiger partial charge is 0.379 e. The number of nitrogens with zero attached hydrogens (tertiary/aromatic N) is 2. The number of rotatable bonds is 5. The molecule has 0 aromatic carbocycles. The predicted molar refractivity (Wildman–Crippen MR) is 118 cm³/mol. The highest BCUT2D eigenvalue weighted by atomic mass is 32.2. The van der Waals surface area contributed by atoms with Gasteiger partial charge in [0.1, 0.15) is 0 Å². The van der Waals surface area contributed by atoms with Gasteiger partial charge in [0.15, 0.2) is 5.96 Å². The summed E-state index contributed by atoms with van der Waals surface area (Å²) in [5, 5.41) is 7.24. The molecule has 0 amide bonds. The molecule has 3 unspecified atom stereocenters. The summed E-state index contributed by atoms with van der Waals surface area (Å²) < 4.78 is 11.7. The third-order valence-corrected chi connectivity index (χ3v) is 7.64. The fourth-order valence-corrected chi connectivity index (χ4v) is 6.32. The highest BCUT2D eigenvalue weighted by Crippen LogP contribution is 2.34. The van der Waals surface area contributed by atoms with Crippen LogP contribution < -0.4 is 10.6 Å². The van der Waals surface area contributed by atoms with E-state index < -0.39 is 0 Å². The molecule has 0 saturated carbocycles. The maximum atomic E-state index is 6.14. The van der Waals surface area contributed by atoms with Crippen molar-refractivity contribution in [2.24, 2.45) is 16.3 Å². The Bertz CT molecular complexity index is 511. The second kappa shape index (κ2) is 10.0. The molecule has 3 atom stereocenters. The molecule has 7 heteroatoms. The maximum Gasteiger partial charge on any atom is 0.191 e. The van der Waals surface area contributed by atoms with E-state index in [4.69, 9.17) is 9.47 Å². The van der Waals surface area contributed by atoms with Crippen LogP contribution in [-0.2, 0) is 9.47 Å². The minimum absolute atomic E-state index is 0.172. The molecular weight excluding hydrogens is 372 g/mol. The highest BCUT2D eigenvalue weighted by molar-refractivity contribution is 7.99. The van der Waals surface area contributed by atoms with Crippen LogP contribution in [0.15, 0.2) is 4.99 Å². The Morgan fingerprint density at radius 2 is 2.00 bits per heavy atom. The van der Waals surface area contributed by atoms with Gasteiger partial charge >= 0.3 is 0 Å². The summed E-state index contributed by atoms with van der Waals surface area (Å²) in [5.41, 5.74) is 0.402. The first-order valence-corrected chi connectivity index (χ1v) is 12.1. The number of aliphatic imine (C=N–C) groups is 1. The minimum Gasteiger partial charge on any atom is -0.379 e. The molecule has 0 bridgehead atoms. The summed E-state index contributed by atoms with van der Waals surface area (Å²) in [4.78, 5) is 7.14. The monoisotopic (exact) mass is 412 g/mol. The average Bonchev–Trinajstić information content (AvgIpc) is 3.18. The first-order chi connectivity index (χ1) is 13.4. The van der Waals surface area contributed by atoms with Crippen molar-refractivity contribution >= 4 is 17.7 Å². The van der Waals surface area contributed by atoms with Gasteiger partial charge in [-0.3, -0.25) is 9.89 Å². The second-order valence-corrected chi connectivity index (χ2v) is 10.6. The molecule has 0 aromatic rings. The molecule has 0 aliphatic carbocycles. The molecule has 28 heavy (non-hydrogen) atoms. The lowest BCUT2D eigenvalue weighted by Crippen LogP contribution is -2.60.